The van der Waals surface area contributed by atoms with E-state index in [0.717, 1.165) is 44.9 Å². The first-order chi connectivity index (χ1) is 24.1. The van der Waals surface area contributed by atoms with Crippen molar-refractivity contribution in [1.82, 2.24) is 20.5 Å². The second-order valence-electron chi connectivity index (χ2n) is 13.5. The lowest BCUT2D eigenvalue weighted by Gasteiger charge is -2.29. The zero-order chi connectivity index (χ0) is 35.4. The molecule has 3 heterocycles. The van der Waals surface area contributed by atoms with Crippen LogP contribution in [-0.4, -0.2) is 88.3 Å². The fourth-order valence-corrected chi connectivity index (χ4v) is 7.37. The van der Waals surface area contributed by atoms with Gasteiger partial charge < -0.3 is 34.9 Å². The Morgan fingerprint density at radius 1 is 1.10 bits per heavy atom. The number of methoxy groups -OCH3 is 1. The number of aromatic nitrogens is 1. The van der Waals surface area contributed by atoms with Gasteiger partial charge in [0.25, 0.3) is 0 Å². The van der Waals surface area contributed by atoms with Crippen molar-refractivity contribution in [2.24, 2.45) is 5.92 Å². The minimum atomic E-state index is -1.28. The van der Waals surface area contributed by atoms with Crippen LogP contribution in [0.25, 0.3) is 10.9 Å². The molecule has 0 bridgehead atoms. The Labute approximate surface area is 290 Å². The van der Waals surface area contributed by atoms with Crippen molar-refractivity contribution >= 4 is 40.7 Å². The second kappa shape index (κ2) is 14.8. The van der Waals surface area contributed by atoms with E-state index in [2.05, 4.69) is 21.5 Å². The first kappa shape index (κ1) is 34.7. The van der Waals surface area contributed by atoms with Gasteiger partial charge in [0, 0.05) is 23.8 Å². The minimum absolute atomic E-state index is 0.0234. The van der Waals surface area contributed by atoms with E-state index in [0.29, 0.717) is 30.2 Å². The van der Waals surface area contributed by atoms with Gasteiger partial charge in [-0.2, -0.15) is 0 Å². The van der Waals surface area contributed by atoms with E-state index in [4.69, 9.17) is 20.6 Å². The highest BCUT2D eigenvalue weighted by molar-refractivity contribution is 5.97. The quantitative estimate of drug-likeness (QED) is 0.230. The van der Waals surface area contributed by atoms with Crippen LogP contribution >= 0.6 is 0 Å². The number of pyridine rings is 1. The molecule has 3 N–H and O–H groups in total. The van der Waals surface area contributed by atoms with Crippen LogP contribution in [0.4, 0.5) is 4.79 Å². The van der Waals surface area contributed by atoms with Crippen LogP contribution in [0.3, 0.4) is 0 Å². The summed E-state index contributed by atoms with van der Waals surface area (Å²) in [7, 11) is 1.27. The van der Waals surface area contributed by atoms with Crippen molar-refractivity contribution in [3.63, 3.8) is 0 Å². The number of alkyl carbamates (subject to hydrolysis) is 1. The number of rotatable bonds is 6. The molecule has 4 aliphatic rings. The van der Waals surface area contributed by atoms with E-state index in [1.807, 2.05) is 12.2 Å². The smallest absolute Gasteiger partial charge is 0.408 e. The number of carboxylic acids is 1. The maximum Gasteiger partial charge on any atom is 0.408 e. The number of nitrogens with one attached hydrogen (secondary N) is 2. The number of amides is 3. The van der Waals surface area contributed by atoms with E-state index in [1.165, 1.54) is 18.1 Å². The largest absolute Gasteiger partial charge is 0.488 e. The third-order valence-corrected chi connectivity index (χ3v) is 10.1. The molecular formula is C37H42N4O9. The van der Waals surface area contributed by atoms with Gasteiger partial charge in [-0.3, -0.25) is 9.59 Å². The molecule has 2 aromatic rings. The molecule has 6 rings (SSSR count). The molecule has 13 nitrogen and oxygen atoms in total. The number of para-hydroxylation sites is 1. The Hall–Kier alpha value is -5.12. The molecule has 3 fully saturated rings. The molecule has 2 aliphatic carbocycles. The van der Waals surface area contributed by atoms with E-state index in [1.54, 1.807) is 18.2 Å². The highest BCUT2D eigenvalue weighted by Gasteiger charge is 2.62. The van der Waals surface area contributed by atoms with Gasteiger partial charge in [-0.25, -0.2) is 19.4 Å². The number of aromatic carboxylic acids is 1. The number of esters is 1. The molecule has 2 aliphatic heterocycles. The molecule has 3 amide bonds. The van der Waals surface area contributed by atoms with Crippen LogP contribution in [0.2, 0.25) is 0 Å². The van der Waals surface area contributed by atoms with Crippen molar-refractivity contribution in [3.8, 4) is 18.1 Å². The molecule has 2 saturated carbocycles. The zero-order valence-corrected chi connectivity index (χ0v) is 28.0. The van der Waals surface area contributed by atoms with Crippen LogP contribution in [0.5, 0.6) is 5.75 Å². The van der Waals surface area contributed by atoms with E-state index < -0.39 is 53.6 Å². The lowest BCUT2D eigenvalue weighted by Crippen LogP contribution is -2.56. The Morgan fingerprint density at radius 3 is 2.62 bits per heavy atom. The molecule has 50 heavy (non-hydrogen) atoms. The number of fused-ring (bicyclic) bond motifs is 3. The SMILES string of the molecule is C#Cc1cccc2c(O[C@@H]3C[C@H]4C(=O)N[C@]5(C(=O)OC)CC5C=CCCCCC[C@H](NC(=O)OC5CCCC5)C(=O)N4C3)cc(C(=O)O)nc12. The molecule has 13 heteroatoms. The van der Waals surface area contributed by atoms with Crippen molar-refractivity contribution in [1.29, 1.82) is 0 Å². The van der Waals surface area contributed by atoms with Crippen molar-refractivity contribution in [2.75, 3.05) is 13.7 Å². The van der Waals surface area contributed by atoms with Crippen LogP contribution < -0.4 is 15.4 Å². The summed E-state index contributed by atoms with van der Waals surface area (Å²) in [6.45, 7) is -0.0532. The number of hydrogen-bond donors (Lipinski definition) is 3. The predicted molar refractivity (Wildman–Crippen MR) is 180 cm³/mol. The van der Waals surface area contributed by atoms with Gasteiger partial charge in [0.1, 0.15) is 35.6 Å². The summed E-state index contributed by atoms with van der Waals surface area (Å²) >= 11 is 0. The predicted octanol–water partition coefficient (Wildman–Crippen LogP) is 3.87. The first-order valence-electron chi connectivity index (χ1n) is 17.3. The average Bonchev–Trinajstić information content (AvgIpc) is 3.38. The minimum Gasteiger partial charge on any atom is -0.488 e. The molecule has 1 aromatic carbocycles. The summed E-state index contributed by atoms with van der Waals surface area (Å²) in [5.41, 5.74) is -0.898. The fourth-order valence-electron chi connectivity index (χ4n) is 7.37. The maximum absolute atomic E-state index is 14.4. The Balaban J connectivity index is 1.32. The van der Waals surface area contributed by atoms with E-state index >= 15 is 0 Å². The van der Waals surface area contributed by atoms with Gasteiger partial charge in [0.05, 0.1) is 24.7 Å². The highest BCUT2D eigenvalue weighted by Crippen LogP contribution is 2.46. The summed E-state index contributed by atoms with van der Waals surface area (Å²) in [6.07, 6.45) is 15.2. The summed E-state index contributed by atoms with van der Waals surface area (Å²) in [6, 6.07) is 4.29. The lowest BCUT2D eigenvalue weighted by molar-refractivity contribution is -0.148. The van der Waals surface area contributed by atoms with Crippen LogP contribution in [-0.2, 0) is 23.9 Å². The molecule has 1 aromatic heterocycles. The molecule has 264 valence electrons. The number of carboxylic acid groups (broad SMARTS) is 1. The number of carbonyl (C=O) groups excluding carboxylic acids is 4. The van der Waals surface area contributed by atoms with Crippen LogP contribution in [0.1, 0.15) is 86.7 Å². The number of nitrogens with zero attached hydrogens (tertiary/aromatic N) is 2. The van der Waals surface area contributed by atoms with Gasteiger partial charge in [0.15, 0.2) is 5.69 Å². The van der Waals surface area contributed by atoms with E-state index in [9.17, 15) is 29.1 Å². The number of benzene rings is 1. The summed E-state index contributed by atoms with van der Waals surface area (Å²) < 4.78 is 17.1. The molecule has 0 radical (unpaired) electrons. The standard InChI is InChI=1S/C37H42N4O9/c1-3-22-12-11-16-26-30(19-28(34(44)45)38-31(22)26)49-25-18-29-32(42)40-37(35(46)48-2)20-23(37)13-7-5-4-6-8-17-27(33(43)41(29)21-25)39-36(47)50-24-14-9-10-15-24/h1,7,11-13,16,19,23-25,27,29H,4-6,8-10,14-15,17-18,20-21H2,2H3,(H,39,47)(H,40,42)(H,44,45)/t23?,25-,27+,29+,37-/m1/s1. The van der Waals surface area contributed by atoms with Gasteiger partial charge in [0.2, 0.25) is 11.8 Å². The summed E-state index contributed by atoms with van der Waals surface area (Å²) in [4.78, 5) is 72.2. The second-order valence-corrected chi connectivity index (χ2v) is 13.5. The number of allylic oxidation sites excluding steroid dienone is 1. The number of ether oxygens (including phenoxy) is 3. The number of hydrogen-bond acceptors (Lipinski definition) is 9. The number of carbonyl (C=O) groups is 5. The van der Waals surface area contributed by atoms with Gasteiger partial charge in [-0.1, -0.05) is 37.0 Å². The van der Waals surface area contributed by atoms with Crippen LogP contribution in [0, 0.1) is 18.3 Å². The molecule has 0 spiro atoms. The highest BCUT2D eigenvalue weighted by atomic mass is 16.6. The topological polar surface area (TPSA) is 173 Å². The molecule has 5 atom stereocenters. The number of terminal acetylenes is 1. The summed E-state index contributed by atoms with van der Waals surface area (Å²) in [5, 5.41) is 15.9. The average molecular weight is 687 g/mol. The van der Waals surface area contributed by atoms with Gasteiger partial charge in [-0.15, -0.1) is 6.42 Å². The van der Waals surface area contributed by atoms with Crippen molar-refractivity contribution < 1.29 is 43.3 Å². The first-order valence-corrected chi connectivity index (χ1v) is 17.3. The third-order valence-electron chi connectivity index (χ3n) is 10.1. The van der Waals surface area contributed by atoms with Crippen molar-refractivity contribution in [3.05, 3.63) is 47.7 Å². The normalized spacial score (nSPS) is 27.2. The third kappa shape index (κ3) is 7.25. The summed E-state index contributed by atoms with van der Waals surface area (Å²) in [5.74, 6) is -0.453. The Kier molecular flexibility index (Phi) is 10.3. The Morgan fingerprint density at radius 2 is 1.88 bits per heavy atom. The monoisotopic (exact) mass is 686 g/mol. The molecule has 1 unspecified atom stereocenters. The fraction of sp³-hybridized carbons (Fsp3) is 0.514. The lowest BCUT2D eigenvalue weighted by atomic mass is 10.0. The van der Waals surface area contributed by atoms with E-state index in [-0.39, 0.29) is 41.9 Å². The molecular weight excluding hydrogens is 644 g/mol. The van der Waals surface area contributed by atoms with Gasteiger partial charge >= 0.3 is 18.0 Å². The molecule has 1 saturated heterocycles. The van der Waals surface area contributed by atoms with Crippen molar-refractivity contribution in [2.45, 2.75) is 100 Å². The van der Waals surface area contributed by atoms with Gasteiger partial charge in [-0.05, 0) is 63.5 Å². The maximum atomic E-state index is 14.4. The van der Waals surface area contributed by atoms with Crippen LogP contribution in [0.15, 0.2) is 36.4 Å². The Bertz CT molecular complexity index is 1750. The zero-order valence-electron chi connectivity index (χ0n) is 28.0.